The molecule has 1 rings (SSSR count). The van der Waals surface area contributed by atoms with Crippen LogP contribution in [0.1, 0.15) is 39.2 Å². The summed E-state index contributed by atoms with van der Waals surface area (Å²) >= 11 is 0. The summed E-state index contributed by atoms with van der Waals surface area (Å²) < 4.78 is 10.5. The molecular weight excluding hydrogens is 344 g/mol. The predicted molar refractivity (Wildman–Crippen MR) is 109 cm³/mol. The van der Waals surface area contributed by atoms with Crippen LogP contribution in [0.3, 0.4) is 0 Å². The van der Waals surface area contributed by atoms with Crippen LogP contribution in [-0.4, -0.2) is 51.3 Å². The third-order valence-corrected chi connectivity index (χ3v) is 3.63. The quantitative estimate of drug-likeness (QED) is 0.295. The number of aliphatic imine (C=N–C) groups is 1. The largest absolute Gasteiger partial charge is 0.497 e. The van der Waals surface area contributed by atoms with E-state index in [-0.39, 0.29) is 11.9 Å². The summed E-state index contributed by atoms with van der Waals surface area (Å²) in [7, 11) is 1.65. The predicted octanol–water partition coefficient (Wildman–Crippen LogP) is 2.07. The van der Waals surface area contributed by atoms with E-state index in [4.69, 9.17) is 9.47 Å². The number of hydrogen-bond acceptors (Lipinski definition) is 4. The minimum atomic E-state index is 0.0309. The maximum absolute atomic E-state index is 11.8. The van der Waals surface area contributed by atoms with Crippen molar-refractivity contribution in [1.29, 1.82) is 0 Å². The molecule has 0 unspecified atom stereocenters. The Labute approximate surface area is 162 Å². The molecule has 0 radical (unpaired) electrons. The van der Waals surface area contributed by atoms with E-state index in [1.54, 1.807) is 7.11 Å². The standard InChI is InChI=1S/C20H34N4O3/c1-5-27-14-6-12-21-20(22-13-11-19(25)24-16(2)3)23-15-17-7-9-18(26-4)10-8-17/h7-10,16H,5-6,11-15H2,1-4H3,(H,24,25)(H2,21,22,23). The molecule has 7 nitrogen and oxygen atoms in total. The van der Waals surface area contributed by atoms with E-state index in [2.05, 4.69) is 20.9 Å². The van der Waals surface area contributed by atoms with E-state index in [0.717, 1.165) is 30.9 Å². The summed E-state index contributed by atoms with van der Waals surface area (Å²) in [6, 6.07) is 7.97. The van der Waals surface area contributed by atoms with Crippen LogP contribution in [0.5, 0.6) is 5.75 Å². The van der Waals surface area contributed by atoms with Gasteiger partial charge in [0.2, 0.25) is 5.91 Å². The molecule has 27 heavy (non-hydrogen) atoms. The molecule has 0 saturated heterocycles. The molecule has 3 N–H and O–H groups in total. The number of amides is 1. The number of ether oxygens (including phenoxy) is 2. The minimum absolute atomic E-state index is 0.0309. The van der Waals surface area contributed by atoms with Gasteiger partial charge in [0.15, 0.2) is 5.96 Å². The second-order valence-electron chi connectivity index (χ2n) is 6.39. The van der Waals surface area contributed by atoms with Crippen molar-refractivity contribution in [2.24, 2.45) is 4.99 Å². The Morgan fingerprint density at radius 2 is 1.85 bits per heavy atom. The van der Waals surface area contributed by atoms with Crippen molar-refractivity contribution >= 4 is 11.9 Å². The van der Waals surface area contributed by atoms with Crippen LogP contribution in [0, 0.1) is 0 Å². The van der Waals surface area contributed by atoms with Crippen molar-refractivity contribution < 1.29 is 14.3 Å². The zero-order chi connectivity index (χ0) is 19.9. The molecule has 0 aliphatic rings. The third-order valence-electron chi connectivity index (χ3n) is 3.63. The zero-order valence-electron chi connectivity index (χ0n) is 17.0. The van der Waals surface area contributed by atoms with E-state index in [0.29, 0.717) is 32.1 Å². The lowest BCUT2D eigenvalue weighted by Crippen LogP contribution is -2.40. The van der Waals surface area contributed by atoms with E-state index < -0.39 is 0 Å². The van der Waals surface area contributed by atoms with Gasteiger partial charge in [0.25, 0.3) is 0 Å². The van der Waals surface area contributed by atoms with Crippen molar-refractivity contribution in [2.45, 2.75) is 46.2 Å². The molecule has 0 heterocycles. The van der Waals surface area contributed by atoms with E-state index in [9.17, 15) is 4.79 Å². The highest BCUT2D eigenvalue weighted by molar-refractivity contribution is 5.81. The molecular formula is C20H34N4O3. The van der Waals surface area contributed by atoms with Crippen LogP contribution >= 0.6 is 0 Å². The maximum atomic E-state index is 11.8. The van der Waals surface area contributed by atoms with Crippen molar-refractivity contribution in [3.8, 4) is 5.75 Å². The molecule has 0 aliphatic carbocycles. The number of benzene rings is 1. The number of carbonyl (C=O) groups excluding carboxylic acids is 1. The van der Waals surface area contributed by atoms with Crippen LogP contribution in [0.25, 0.3) is 0 Å². The first-order valence-electron chi connectivity index (χ1n) is 9.57. The molecule has 152 valence electrons. The summed E-state index contributed by atoms with van der Waals surface area (Å²) in [5.74, 6) is 1.55. The van der Waals surface area contributed by atoms with Crippen LogP contribution in [0.15, 0.2) is 29.3 Å². The number of methoxy groups -OCH3 is 1. The summed E-state index contributed by atoms with van der Waals surface area (Å²) in [4.78, 5) is 16.4. The Balaban J connectivity index is 2.52. The van der Waals surface area contributed by atoms with Crippen LogP contribution in [0.4, 0.5) is 0 Å². The number of carbonyl (C=O) groups is 1. The van der Waals surface area contributed by atoms with E-state index in [1.165, 1.54) is 0 Å². The van der Waals surface area contributed by atoms with Gasteiger partial charge < -0.3 is 25.4 Å². The molecule has 0 fully saturated rings. The van der Waals surface area contributed by atoms with E-state index in [1.807, 2.05) is 45.0 Å². The lowest BCUT2D eigenvalue weighted by Gasteiger charge is -2.13. The zero-order valence-corrected chi connectivity index (χ0v) is 17.0. The van der Waals surface area contributed by atoms with Gasteiger partial charge in [-0.15, -0.1) is 0 Å². The Morgan fingerprint density at radius 1 is 1.15 bits per heavy atom. The average molecular weight is 379 g/mol. The molecule has 0 aromatic heterocycles. The van der Waals surface area contributed by atoms with Gasteiger partial charge in [-0.25, -0.2) is 4.99 Å². The highest BCUT2D eigenvalue weighted by Gasteiger charge is 2.04. The van der Waals surface area contributed by atoms with E-state index >= 15 is 0 Å². The summed E-state index contributed by atoms with van der Waals surface area (Å²) in [6.07, 6.45) is 1.30. The number of hydrogen-bond donors (Lipinski definition) is 3. The normalized spacial score (nSPS) is 11.4. The van der Waals surface area contributed by atoms with Gasteiger partial charge in [-0.3, -0.25) is 4.79 Å². The number of rotatable bonds is 12. The Kier molecular flexibility index (Phi) is 11.7. The van der Waals surface area contributed by atoms with Crippen molar-refractivity contribution in [3.05, 3.63) is 29.8 Å². The van der Waals surface area contributed by atoms with Gasteiger partial charge in [-0.05, 0) is 44.9 Å². The molecule has 0 aliphatic heterocycles. The van der Waals surface area contributed by atoms with Gasteiger partial charge in [0.1, 0.15) is 5.75 Å². The summed E-state index contributed by atoms with van der Waals surface area (Å²) in [6.45, 7) is 9.15. The smallest absolute Gasteiger partial charge is 0.221 e. The highest BCUT2D eigenvalue weighted by atomic mass is 16.5. The third kappa shape index (κ3) is 11.1. The molecule has 0 bridgehead atoms. The summed E-state index contributed by atoms with van der Waals surface area (Å²) in [5.41, 5.74) is 1.09. The Bertz CT molecular complexity index is 559. The number of nitrogens with one attached hydrogen (secondary N) is 3. The van der Waals surface area contributed by atoms with Gasteiger partial charge in [-0.1, -0.05) is 12.1 Å². The molecule has 7 heteroatoms. The number of guanidine groups is 1. The van der Waals surface area contributed by atoms with Crippen molar-refractivity contribution in [2.75, 3.05) is 33.4 Å². The average Bonchev–Trinajstić information content (AvgIpc) is 2.65. The summed E-state index contributed by atoms with van der Waals surface area (Å²) in [5, 5.41) is 9.39. The maximum Gasteiger partial charge on any atom is 0.221 e. The van der Waals surface area contributed by atoms with Crippen LogP contribution in [0.2, 0.25) is 0 Å². The fraction of sp³-hybridized carbons (Fsp3) is 0.600. The lowest BCUT2D eigenvalue weighted by molar-refractivity contribution is -0.121. The lowest BCUT2D eigenvalue weighted by atomic mass is 10.2. The number of nitrogens with zero attached hydrogens (tertiary/aromatic N) is 1. The van der Waals surface area contributed by atoms with Crippen molar-refractivity contribution in [3.63, 3.8) is 0 Å². The van der Waals surface area contributed by atoms with Crippen LogP contribution in [-0.2, 0) is 16.1 Å². The first kappa shape index (κ1) is 22.8. The molecule has 1 amide bonds. The molecule has 1 aromatic carbocycles. The first-order valence-corrected chi connectivity index (χ1v) is 9.57. The SMILES string of the molecule is CCOCCCNC(=NCc1ccc(OC)cc1)NCCC(=O)NC(C)C. The van der Waals surface area contributed by atoms with Gasteiger partial charge in [0, 0.05) is 38.8 Å². The molecule has 0 atom stereocenters. The van der Waals surface area contributed by atoms with Crippen LogP contribution < -0.4 is 20.7 Å². The van der Waals surface area contributed by atoms with Gasteiger partial charge >= 0.3 is 0 Å². The Morgan fingerprint density at radius 3 is 2.48 bits per heavy atom. The van der Waals surface area contributed by atoms with Gasteiger partial charge in [-0.2, -0.15) is 0 Å². The second-order valence-corrected chi connectivity index (χ2v) is 6.39. The second kappa shape index (κ2) is 13.9. The monoisotopic (exact) mass is 378 g/mol. The fourth-order valence-electron chi connectivity index (χ4n) is 2.29. The molecule has 0 saturated carbocycles. The highest BCUT2D eigenvalue weighted by Crippen LogP contribution is 2.11. The van der Waals surface area contributed by atoms with Gasteiger partial charge in [0.05, 0.1) is 13.7 Å². The molecule has 1 aromatic rings. The topological polar surface area (TPSA) is 84.0 Å². The first-order chi connectivity index (χ1) is 13.0. The minimum Gasteiger partial charge on any atom is -0.497 e. The molecule has 0 spiro atoms. The van der Waals surface area contributed by atoms with Crippen molar-refractivity contribution in [1.82, 2.24) is 16.0 Å². The fourth-order valence-corrected chi connectivity index (χ4v) is 2.29. The Hall–Kier alpha value is -2.28.